The number of hydrogen-bond donors (Lipinski definition) is 1. The molecule has 0 unspecified atom stereocenters. The molecule has 126 valence electrons. The third-order valence-corrected chi connectivity index (χ3v) is 4.40. The predicted octanol–water partition coefficient (Wildman–Crippen LogP) is 1.74. The number of carbonyl (C=O) groups is 1. The summed E-state index contributed by atoms with van der Waals surface area (Å²) in [6.07, 6.45) is 4.21. The Hall–Kier alpha value is -3.26. The Morgan fingerprint density at radius 3 is 2.84 bits per heavy atom. The predicted molar refractivity (Wildman–Crippen MR) is 93.1 cm³/mol. The van der Waals surface area contributed by atoms with E-state index in [0.29, 0.717) is 20.3 Å². The maximum atomic E-state index is 12.0. The average Bonchev–Trinajstić information content (AvgIpc) is 3.19. The fourth-order valence-corrected chi connectivity index (χ4v) is 3.08. The zero-order valence-corrected chi connectivity index (χ0v) is 13.8. The van der Waals surface area contributed by atoms with Gasteiger partial charge >= 0.3 is 0 Å². The monoisotopic (exact) mass is 356 g/mol. The molecule has 0 aliphatic carbocycles. The number of carbonyl (C=O) groups excluding carboxylic acids is 1. The number of Topliss-reactive ketones (excluding diaryl/α,β-unsaturated/α-hetero) is 1. The molecule has 3 aromatic rings. The number of H-pyrrole nitrogens is 1. The van der Waals surface area contributed by atoms with Gasteiger partial charge in [-0.2, -0.15) is 0 Å². The van der Waals surface area contributed by atoms with E-state index in [9.17, 15) is 19.7 Å². The molecule has 25 heavy (non-hydrogen) atoms. The van der Waals surface area contributed by atoms with Crippen molar-refractivity contribution in [2.24, 2.45) is 0 Å². The standard InChI is InChI=1S/C17H12N2O5S/c1-10-4-5-11(7-12(10)19(22)23)8-15-17(21)18-16(25-15)9-13(20)14-3-2-6-24-14/h2-9H,1H3,(H,18,21)/b15-8+,16-9-. The van der Waals surface area contributed by atoms with Crippen LogP contribution in [0, 0.1) is 17.0 Å². The molecule has 0 amide bonds. The van der Waals surface area contributed by atoms with Gasteiger partial charge in [0.05, 0.1) is 20.4 Å². The van der Waals surface area contributed by atoms with Crippen LogP contribution in [0.3, 0.4) is 0 Å². The van der Waals surface area contributed by atoms with Crippen LogP contribution >= 0.6 is 11.3 Å². The number of benzene rings is 1. The Kier molecular flexibility index (Phi) is 4.44. The third kappa shape index (κ3) is 3.64. The van der Waals surface area contributed by atoms with E-state index in [-0.39, 0.29) is 22.8 Å². The number of nitrogens with one attached hydrogen (secondary N) is 1. The van der Waals surface area contributed by atoms with Crippen LogP contribution in [0.25, 0.3) is 12.2 Å². The summed E-state index contributed by atoms with van der Waals surface area (Å²) in [5.74, 6) is -0.186. The molecule has 0 bridgehead atoms. The topological polar surface area (TPSA) is 106 Å². The van der Waals surface area contributed by atoms with E-state index in [1.807, 2.05) is 0 Å². The largest absolute Gasteiger partial charge is 0.461 e. The van der Waals surface area contributed by atoms with E-state index >= 15 is 0 Å². The van der Waals surface area contributed by atoms with Crippen LogP contribution in [-0.2, 0) is 0 Å². The molecule has 2 heterocycles. The zero-order chi connectivity index (χ0) is 18.0. The van der Waals surface area contributed by atoms with Gasteiger partial charge in [-0.1, -0.05) is 12.1 Å². The molecule has 0 aliphatic heterocycles. The van der Waals surface area contributed by atoms with Crippen LogP contribution < -0.4 is 14.8 Å². The third-order valence-electron chi connectivity index (χ3n) is 3.43. The normalized spacial score (nSPS) is 12.5. The lowest BCUT2D eigenvalue weighted by molar-refractivity contribution is -0.385. The summed E-state index contributed by atoms with van der Waals surface area (Å²) in [7, 11) is 0. The number of ketones is 1. The van der Waals surface area contributed by atoms with Crippen LogP contribution in [-0.4, -0.2) is 15.7 Å². The second-order valence-electron chi connectivity index (χ2n) is 5.22. The van der Waals surface area contributed by atoms with E-state index in [1.165, 1.54) is 24.5 Å². The summed E-state index contributed by atoms with van der Waals surface area (Å²) in [4.78, 5) is 37.1. The molecule has 3 rings (SSSR count). The van der Waals surface area contributed by atoms with Gasteiger partial charge in [0.2, 0.25) is 5.78 Å². The fourth-order valence-electron chi connectivity index (χ4n) is 2.20. The number of furan rings is 1. The van der Waals surface area contributed by atoms with Gasteiger partial charge in [0.1, 0.15) is 0 Å². The number of nitro benzene ring substituents is 1. The van der Waals surface area contributed by atoms with Gasteiger partial charge < -0.3 is 9.40 Å². The highest BCUT2D eigenvalue weighted by Gasteiger charge is 2.10. The Morgan fingerprint density at radius 2 is 2.16 bits per heavy atom. The van der Waals surface area contributed by atoms with Crippen molar-refractivity contribution >= 4 is 35.0 Å². The van der Waals surface area contributed by atoms with Crippen LogP contribution in [0.2, 0.25) is 0 Å². The van der Waals surface area contributed by atoms with Crippen molar-refractivity contribution in [1.29, 1.82) is 0 Å². The number of aromatic nitrogens is 1. The van der Waals surface area contributed by atoms with Gasteiger partial charge in [-0.3, -0.25) is 19.7 Å². The van der Waals surface area contributed by atoms with E-state index in [4.69, 9.17) is 4.42 Å². The molecule has 1 N–H and O–H groups in total. The maximum Gasteiger partial charge on any atom is 0.272 e. The SMILES string of the molecule is Cc1ccc(/C=c2/s/c(=C\C(=O)c3ccco3)[nH]c2=O)cc1[N+](=O)[O-]. The molecule has 0 radical (unpaired) electrons. The summed E-state index contributed by atoms with van der Waals surface area (Å²) < 4.78 is 5.73. The van der Waals surface area contributed by atoms with E-state index in [1.54, 1.807) is 31.2 Å². The summed E-state index contributed by atoms with van der Waals surface area (Å²) in [6.45, 7) is 1.65. The number of aryl methyl sites for hydroxylation is 1. The Bertz CT molecular complexity index is 1120. The molecule has 1 aromatic carbocycles. The van der Waals surface area contributed by atoms with E-state index < -0.39 is 4.92 Å². The van der Waals surface area contributed by atoms with Gasteiger partial charge in [0, 0.05) is 17.7 Å². The molecular formula is C17H12N2O5S. The van der Waals surface area contributed by atoms with Crippen molar-refractivity contribution < 1.29 is 14.1 Å². The number of hydrogen-bond acceptors (Lipinski definition) is 6. The molecular weight excluding hydrogens is 344 g/mol. The number of nitro groups is 1. The summed E-state index contributed by atoms with van der Waals surface area (Å²) >= 11 is 1.09. The lowest BCUT2D eigenvalue weighted by atomic mass is 10.1. The van der Waals surface area contributed by atoms with Crippen molar-refractivity contribution in [1.82, 2.24) is 4.98 Å². The molecule has 0 spiro atoms. The molecule has 0 aliphatic rings. The van der Waals surface area contributed by atoms with Crippen LogP contribution in [0.4, 0.5) is 5.69 Å². The van der Waals surface area contributed by atoms with Gasteiger partial charge in [-0.25, -0.2) is 0 Å². The number of aromatic amines is 1. The first-order chi connectivity index (χ1) is 11.9. The van der Waals surface area contributed by atoms with E-state index in [2.05, 4.69) is 4.98 Å². The molecule has 0 saturated carbocycles. The Labute approximate surface area is 144 Å². The summed E-state index contributed by atoms with van der Waals surface area (Å²) in [5.41, 5.74) is 0.696. The first kappa shape index (κ1) is 16.6. The fraction of sp³-hybridized carbons (Fsp3) is 0.0588. The van der Waals surface area contributed by atoms with Crippen LogP contribution in [0.15, 0.2) is 45.8 Å². The van der Waals surface area contributed by atoms with E-state index in [0.717, 1.165) is 11.3 Å². The minimum atomic E-state index is -0.466. The quantitative estimate of drug-likeness (QED) is 0.435. The van der Waals surface area contributed by atoms with Crippen molar-refractivity contribution in [2.45, 2.75) is 6.92 Å². The number of rotatable bonds is 4. The molecule has 2 aromatic heterocycles. The molecule has 0 fully saturated rings. The maximum absolute atomic E-state index is 12.0. The smallest absolute Gasteiger partial charge is 0.272 e. The minimum absolute atomic E-state index is 0.0125. The second-order valence-corrected chi connectivity index (χ2v) is 6.30. The highest BCUT2D eigenvalue weighted by Crippen LogP contribution is 2.19. The van der Waals surface area contributed by atoms with Crippen LogP contribution in [0.1, 0.15) is 21.7 Å². The first-order valence-electron chi connectivity index (χ1n) is 7.19. The van der Waals surface area contributed by atoms with Gasteiger partial charge in [0.25, 0.3) is 11.2 Å². The highest BCUT2D eigenvalue weighted by molar-refractivity contribution is 7.07. The summed E-state index contributed by atoms with van der Waals surface area (Å²) in [6, 6.07) is 7.86. The van der Waals surface area contributed by atoms with Crippen molar-refractivity contribution in [3.8, 4) is 0 Å². The van der Waals surface area contributed by atoms with Gasteiger partial charge in [-0.15, -0.1) is 11.3 Å². The van der Waals surface area contributed by atoms with Gasteiger partial charge in [-0.05, 0) is 30.7 Å². The van der Waals surface area contributed by atoms with Gasteiger partial charge in [0.15, 0.2) is 5.76 Å². The summed E-state index contributed by atoms with van der Waals surface area (Å²) in [5, 5.41) is 11.0. The lowest BCUT2D eigenvalue weighted by Crippen LogP contribution is -2.20. The average molecular weight is 356 g/mol. The van der Waals surface area contributed by atoms with Crippen molar-refractivity contribution in [3.05, 3.63) is 83.1 Å². The molecule has 8 heteroatoms. The minimum Gasteiger partial charge on any atom is -0.461 e. The highest BCUT2D eigenvalue weighted by atomic mass is 32.1. The second kappa shape index (κ2) is 6.70. The molecule has 0 saturated heterocycles. The zero-order valence-electron chi connectivity index (χ0n) is 13.0. The number of thiazole rings is 1. The van der Waals surface area contributed by atoms with Crippen molar-refractivity contribution in [3.63, 3.8) is 0 Å². The molecule has 0 atom stereocenters. The van der Waals surface area contributed by atoms with Crippen molar-refractivity contribution in [2.75, 3.05) is 0 Å². The Morgan fingerprint density at radius 1 is 1.36 bits per heavy atom. The Balaban J connectivity index is 2.02. The van der Waals surface area contributed by atoms with Crippen LogP contribution in [0.5, 0.6) is 0 Å². The molecule has 7 nitrogen and oxygen atoms in total. The first-order valence-corrected chi connectivity index (χ1v) is 8.01. The lowest BCUT2D eigenvalue weighted by Gasteiger charge is -1.97. The number of nitrogens with zero attached hydrogens (tertiary/aromatic N) is 1.